The zero-order valence-electron chi connectivity index (χ0n) is 14.4. The van der Waals surface area contributed by atoms with E-state index in [1.165, 1.54) is 24.0 Å². The summed E-state index contributed by atoms with van der Waals surface area (Å²) in [7, 11) is 0. The van der Waals surface area contributed by atoms with Gasteiger partial charge in [-0.3, -0.25) is 0 Å². The van der Waals surface area contributed by atoms with E-state index in [-0.39, 0.29) is 12.0 Å². The lowest BCUT2D eigenvalue weighted by Crippen LogP contribution is -2.46. The molecule has 0 aromatic heterocycles. The fourth-order valence-electron chi connectivity index (χ4n) is 3.17. The van der Waals surface area contributed by atoms with E-state index in [1.54, 1.807) is 0 Å². The van der Waals surface area contributed by atoms with Crippen LogP contribution in [0, 0.1) is 0 Å². The fourth-order valence-corrected chi connectivity index (χ4v) is 3.17. The highest BCUT2D eigenvalue weighted by Crippen LogP contribution is 2.23. The first kappa shape index (κ1) is 17.5. The molecule has 2 rings (SSSR count). The first-order valence-corrected chi connectivity index (χ1v) is 8.68. The number of aliphatic hydroxyl groups excluding tert-OH is 1. The quantitative estimate of drug-likeness (QED) is 0.679. The molecule has 1 fully saturated rings. The van der Waals surface area contributed by atoms with Crippen LogP contribution in [0.15, 0.2) is 24.3 Å². The van der Waals surface area contributed by atoms with Crippen LogP contribution in [0.5, 0.6) is 0 Å². The summed E-state index contributed by atoms with van der Waals surface area (Å²) in [6.07, 6.45) is 4.39. The summed E-state index contributed by atoms with van der Waals surface area (Å²) < 4.78 is 0. The van der Waals surface area contributed by atoms with Gasteiger partial charge in [0.1, 0.15) is 0 Å². The summed E-state index contributed by atoms with van der Waals surface area (Å²) in [6.45, 7) is 9.04. The minimum atomic E-state index is 0.213. The molecule has 1 aromatic rings. The maximum Gasteiger partial charge on any atom is 0.0443 e. The Hall–Kier alpha value is -0.900. The minimum Gasteiger partial charge on any atom is -0.396 e. The Kier molecular flexibility index (Phi) is 6.42. The summed E-state index contributed by atoms with van der Waals surface area (Å²) in [5, 5.41) is 16.2. The molecular weight excluding hydrogens is 272 g/mol. The Morgan fingerprint density at radius 2 is 2.00 bits per heavy atom. The predicted octanol–water partition coefficient (Wildman–Crippen LogP) is 2.62. The molecule has 1 heterocycles. The van der Waals surface area contributed by atoms with Gasteiger partial charge in [-0.1, -0.05) is 45.0 Å². The van der Waals surface area contributed by atoms with Crippen LogP contribution in [0.1, 0.15) is 51.2 Å². The third kappa shape index (κ3) is 5.08. The number of hydrogen-bond acceptors (Lipinski definition) is 3. The number of rotatable bonds is 7. The molecule has 0 bridgehead atoms. The first-order valence-electron chi connectivity index (χ1n) is 8.68. The summed E-state index contributed by atoms with van der Waals surface area (Å²) in [6, 6.07) is 10.1. The van der Waals surface area contributed by atoms with Gasteiger partial charge in [0.2, 0.25) is 0 Å². The highest BCUT2D eigenvalue weighted by atomic mass is 16.3. The third-order valence-electron chi connectivity index (χ3n) is 4.60. The molecule has 0 aliphatic carbocycles. The third-order valence-corrected chi connectivity index (χ3v) is 4.60. The van der Waals surface area contributed by atoms with Crippen LogP contribution in [0.4, 0.5) is 0 Å². The van der Waals surface area contributed by atoms with Crippen molar-refractivity contribution in [1.82, 2.24) is 10.6 Å². The maximum atomic E-state index is 8.99. The van der Waals surface area contributed by atoms with Crippen LogP contribution >= 0.6 is 0 Å². The Morgan fingerprint density at radius 1 is 1.27 bits per heavy atom. The van der Waals surface area contributed by atoms with Gasteiger partial charge >= 0.3 is 0 Å². The molecule has 3 heteroatoms. The van der Waals surface area contributed by atoms with Gasteiger partial charge in [0.15, 0.2) is 0 Å². The molecule has 1 unspecified atom stereocenters. The van der Waals surface area contributed by atoms with Crippen LogP contribution in [-0.2, 0) is 11.8 Å². The van der Waals surface area contributed by atoms with Crippen molar-refractivity contribution < 1.29 is 5.11 Å². The van der Waals surface area contributed by atoms with Gasteiger partial charge in [0.05, 0.1) is 0 Å². The molecule has 1 aliphatic rings. The molecule has 3 N–H and O–H groups in total. The Bertz CT molecular complexity index is 430. The van der Waals surface area contributed by atoms with Crippen LogP contribution in [0.25, 0.3) is 0 Å². The lowest BCUT2D eigenvalue weighted by atomic mass is 9.86. The summed E-state index contributed by atoms with van der Waals surface area (Å²) in [5.41, 5.74) is 2.99. The number of benzene rings is 1. The largest absolute Gasteiger partial charge is 0.396 e. The van der Waals surface area contributed by atoms with Gasteiger partial charge in [-0.15, -0.1) is 0 Å². The van der Waals surface area contributed by atoms with Gasteiger partial charge < -0.3 is 15.7 Å². The van der Waals surface area contributed by atoms with E-state index in [2.05, 4.69) is 55.7 Å². The SMILES string of the molecule is CC(C)(C)c1ccc(CC(NCCCO)[C@@H]2CCCN2)cc1. The number of hydrogen-bond donors (Lipinski definition) is 3. The molecule has 1 aliphatic heterocycles. The average molecular weight is 304 g/mol. The molecule has 0 saturated carbocycles. The number of nitrogens with one attached hydrogen (secondary N) is 2. The lowest BCUT2D eigenvalue weighted by Gasteiger charge is -2.26. The Labute approximate surface area is 135 Å². The average Bonchev–Trinajstić information content (AvgIpc) is 3.00. The van der Waals surface area contributed by atoms with E-state index < -0.39 is 0 Å². The second-order valence-electron chi connectivity index (χ2n) is 7.49. The van der Waals surface area contributed by atoms with Gasteiger partial charge in [-0.2, -0.15) is 0 Å². The highest BCUT2D eigenvalue weighted by molar-refractivity contribution is 5.28. The van der Waals surface area contributed by atoms with Crippen molar-refractivity contribution in [2.45, 2.75) is 64.0 Å². The van der Waals surface area contributed by atoms with Gasteiger partial charge in [-0.05, 0) is 55.3 Å². The highest BCUT2D eigenvalue weighted by Gasteiger charge is 2.24. The van der Waals surface area contributed by atoms with Crippen molar-refractivity contribution in [2.75, 3.05) is 19.7 Å². The van der Waals surface area contributed by atoms with Crippen LogP contribution in [0.3, 0.4) is 0 Å². The van der Waals surface area contributed by atoms with Crippen molar-refractivity contribution in [1.29, 1.82) is 0 Å². The molecule has 3 nitrogen and oxygen atoms in total. The van der Waals surface area contributed by atoms with E-state index in [0.717, 1.165) is 25.9 Å². The lowest BCUT2D eigenvalue weighted by molar-refractivity contribution is 0.279. The van der Waals surface area contributed by atoms with E-state index in [1.807, 2.05) is 0 Å². The zero-order valence-corrected chi connectivity index (χ0v) is 14.4. The smallest absolute Gasteiger partial charge is 0.0443 e. The Morgan fingerprint density at radius 3 is 2.55 bits per heavy atom. The van der Waals surface area contributed by atoms with E-state index in [4.69, 9.17) is 5.11 Å². The second-order valence-corrected chi connectivity index (χ2v) is 7.49. The summed E-state index contributed by atoms with van der Waals surface area (Å²) in [5.74, 6) is 0. The van der Waals surface area contributed by atoms with Crippen molar-refractivity contribution in [2.24, 2.45) is 0 Å². The molecule has 1 saturated heterocycles. The molecule has 0 amide bonds. The number of aliphatic hydroxyl groups is 1. The monoisotopic (exact) mass is 304 g/mol. The van der Waals surface area contributed by atoms with Gasteiger partial charge in [0.25, 0.3) is 0 Å². The minimum absolute atomic E-state index is 0.213. The predicted molar refractivity (Wildman–Crippen MR) is 93.4 cm³/mol. The van der Waals surface area contributed by atoms with Crippen LogP contribution in [-0.4, -0.2) is 36.9 Å². The fraction of sp³-hybridized carbons (Fsp3) is 0.684. The normalized spacial score (nSPS) is 20.3. The standard InChI is InChI=1S/C19H32N2O/c1-19(2,3)16-9-7-15(8-10-16)14-18(21-12-5-13-22)17-6-4-11-20-17/h7-10,17-18,20-22H,4-6,11-14H2,1-3H3/t17-,18?/m0/s1. The molecular formula is C19H32N2O. The second kappa shape index (κ2) is 8.09. The van der Waals surface area contributed by atoms with Crippen LogP contribution in [0.2, 0.25) is 0 Å². The van der Waals surface area contributed by atoms with Crippen LogP contribution < -0.4 is 10.6 Å². The van der Waals surface area contributed by atoms with E-state index >= 15 is 0 Å². The molecule has 22 heavy (non-hydrogen) atoms. The summed E-state index contributed by atoms with van der Waals surface area (Å²) in [4.78, 5) is 0. The van der Waals surface area contributed by atoms with E-state index in [0.29, 0.717) is 12.1 Å². The molecule has 0 radical (unpaired) electrons. The van der Waals surface area contributed by atoms with Crippen molar-refractivity contribution in [3.05, 3.63) is 35.4 Å². The first-order chi connectivity index (χ1) is 10.5. The van der Waals surface area contributed by atoms with E-state index in [9.17, 15) is 0 Å². The molecule has 1 aromatic carbocycles. The van der Waals surface area contributed by atoms with Crippen molar-refractivity contribution in [3.8, 4) is 0 Å². The maximum absolute atomic E-state index is 8.99. The van der Waals surface area contributed by atoms with Gasteiger partial charge in [0, 0.05) is 18.7 Å². The molecule has 0 spiro atoms. The Balaban J connectivity index is 1.99. The zero-order chi connectivity index (χ0) is 16.0. The summed E-state index contributed by atoms with van der Waals surface area (Å²) >= 11 is 0. The van der Waals surface area contributed by atoms with Crippen molar-refractivity contribution >= 4 is 0 Å². The van der Waals surface area contributed by atoms with Gasteiger partial charge in [-0.25, -0.2) is 0 Å². The molecule has 124 valence electrons. The van der Waals surface area contributed by atoms with Crippen molar-refractivity contribution in [3.63, 3.8) is 0 Å². The topological polar surface area (TPSA) is 44.3 Å². The molecule has 2 atom stereocenters.